The molecule has 1 aliphatic heterocycles. The number of nitrogens with zero attached hydrogens (tertiary/aromatic N) is 1. The second kappa shape index (κ2) is 3.77. The number of hydrogen-bond acceptors (Lipinski definition) is 2. The zero-order valence-corrected chi connectivity index (χ0v) is 9.78. The van der Waals surface area contributed by atoms with Crippen molar-refractivity contribution in [2.75, 3.05) is 24.5 Å². The molecule has 0 bridgehead atoms. The Hall–Kier alpha value is -1.02. The van der Waals surface area contributed by atoms with Gasteiger partial charge in [0.1, 0.15) is 0 Å². The van der Waals surface area contributed by atoms with Crippen molar-refractivity contribution < 1.29 is 0 Å². The summed E-state index contributed by atoms with van der Waals surface area (Å²) in [5.74, 6) is 0. The van der Waals surface area contributed by atoms with Crippen molar-refractivity contribution in [3.63, 3.8) is 0 Å². The molecule has 0 aromatic heterocycles. The predicted molar refractivity (Wildman–Crippen MR) is 67.9 cm³/mol. The van der Waals surface area contributed by atoms with E-state index in [1.165, 1.54) is 37.9 Å². The molecule has 1 fully saturated rings. The third-order valence-corrected chi connectivity index (χ3v) is 4.27. The van der Waals surface area contributed by atoms with Crippen LogP contribution in [0, 0.1) is 0 Å². The zero-order valence-electron chi connectivity index (χ0n) is 9.78. The van der Waals surface area contributed by atoms with Crippen molar-refractivity contribution >= 4 is 5.69 Å². The van der Waals surface area contributed by atoms with Gasteiger partial charge >= 0.3 is 0 Å². The summed E-state index contributed by atoms with van der Waals surface area (Å²) in [6.45, 7) is 2.95. The minimum Gasteiger partial charge on any atom is -0.369 e. The van der Waals surface area contributed by atoms with Gasteiger partial charge in [-0.15, -0.1) is 0 Å². The van der Waals surface area contributed by atoms with Gasteiger partial charge in [0.05, 0.1) is 0 Å². The molecule has 0 atom stereocenters. The average molecular weight is 216 g/mol. The predicted octanol–water partition coefficient (Wildman–Crippen LogP) is 2.28. The lowest BCUT2D eigenvalue weighted by molar-refractivity contribution is 0.467. The standard InChI is InChI=1S/C14H20N2/c15-9-10-16-11-14(7-3-4-8-14)12-5-1-2-6-13(12)16/h1-2,5-6H,3-4,7-11,15H2. The first-order valence-corrected chi connectivity index (χ1v) is 6.40. The summed E-state index contributed by atoms with van der Waals surface area (Å²) < 4.78 is 0. The first-order valence-electron chi connectivity index (χ1n) is 6.40. The third-order valence-electron chi connectivity index (χ3n) is 4.27. The highest BCUT2D eigenvalue weighted by atomic mass is 15.2. The van der Waals surface area contributed by atoms with E-state index < -0.39 is 0 Å². The Morgan fingerprint density at radius 2 is 1.94 bits per heavy atom. The molecule has 2 heteroatoms. The number of hydrogen-bond donors (Lipinski definition) is 1. The van der Waals surface area contributed by atoms with Crippen molar-refractivity contribution in [2.45, 2.75) is 31.1 Å². The van der Waals surface area contributed by atoms with E-state index in [1.54, 1.807) is 5.56 Å². The number of benzene rings is 1. The van der Waals surface area contributed by atoms with Crippen LogP contribution in [0.4, 0.5) is 5.69 Å². The van der Waals surface area contributed by atoms with Crippen molar-refractivity contribution in [3.05, 3.63) is 29.8 Å². The molecule has 1 aromatic carbocycles. The number of para-hydroxylation sites is 1. The summed E-state index contributed by atoms with van der Waals surface area (Å²) in [6.07, 6.45) is 5.52. The van der Waals surface area contributed by atoms with Crippen molar-refractivity contribution in [3.8, 4) is 0 Å². The lowest BCUT2D eigenvalue weighted by Gasteiger charge is -2.25. The molecule has 2 nitrogen and oxygen atoms in total. The molecule has 1 heterocycles. The van der Waals surface area contributed by atoms with E-state index in [0.29, 0.717) is 5.41 Å². The normalized spacial score (nSPS) is 21.7. The average Bonchev–Trinajstić information content (AvgIpc) is 2.89. The number of fused-ring (bicyclic) bond motifs is 2. The molecule has 0 radical (unpaired) electrons. The Morgan fingerprint density at radius 1 is 1.19 bits per heavy atom. The van der Waals surface area contributed by atoms with Crippen LogP contribution < -0.4 is 10.6 Å². The van der Waals surface area contributed by atoms with Crippen molar-refractivity contribution in [2.24, 2.45) is 5.73 Å². The van der Waals surface area contributed by atoms with E-state index in [4.69, 9.17) is 5.73 Å². The molecule has 0 saturated heterocycles. The molecule has 2 N–H and O–H groups in total. The van der Waals surface area contributed by atoms with Gasteiger partial charge in [0.25, 0.3) is 0 Å². The SMILES string of the molecule is NCCN1CC2(CCCC2)c2ccccc21. The highest BCUT2D eigenvalue weighted by Gasteiger charge is 2.43. The first-order chi connectivity index (χ1) is 7.86. The molecule has 0 unspecified atom stereocenters. The summed E-state index contributed by atoms with van der Waals surface area (Å²) in [5, 5.41) is 0. The monoisotopic (exact) mass is 216 g/mol. The van der Waals surface area contributed by atoms with Crippen LogP contribution in [-0.4, -0.2) is 19.6 Å². The van der Waals surface area contributed by atoms with Crippen LogP contribution in [0.1, 0.15) is 31.2 Å². The quantitative estimate of drug-likeness (QED) is 0.821. The lowest BCUT2D eigenvalue weighted by Crippen LogP contribution is -2.34. The van der Waals surface area contributed by atoms with Gasteiger partial charge in [-0.3, -0.25) is 0 Å². The van der Waals surface area contributed by atoms with Gasteiger partial charge in [0.15, 0.2) is 0 Å². The van der Waals surface area contributed by atoms with Gasteiger partial charge in [0, 0.05) is 30.7 Å². The van der Waals surface area contributed by atoms with Gasteiger partial charge in [0.2, 0.25) is 0 Å². The van der Waals surface area contributed by atoms with Gasteiger partial charge < -0.3 is 10.6 Å². The van der Waals surface area contributed by atoms with E-state index in [9.17, 15) is 0 Å². The number of nitrogens with two attached hydrogens (primary N) is 1. The highest BCUT2D eigenvalue weighted by molar-refractivity contribution is 5.63. The van der Waals surface area contributed by atoms with Crippen LogP contribution in [0.2, 0.25) is 0 Å². The zero-order chi connectivity index (χ0) is 11.0. The Kier molecular flexibility index (Phi) is 2.40. The van der Waals surface area contributed by atoms with E-state index in [2.05, 4.69) is 29.2 Å². The maximum absolute atomic E-state index is 5.71. The van der Waals surface area contributed by atoms with Crippen molar-refractivity contribution in [1.29, 1.82) is 0 Å². The fourth-order valence-electron chi connectivity index (χ4n) is 3.57. The smallest absolute Gasteiger partial charge is 0.0405 e. The largest absolute Gasteiger partial charge is 0.369 e. The molecule has 1 saturated carbocycles. The first kappa shape index (κ1) is 10.2. The second-order valence-electron chi connectivity index (χ2n) is 5.21. The fraction of sp³-hybridized carbons (Fsp3) is 0.571. The molecular formula is C14H20N2. The highest BCUT2D eigenvalue weighted by Crippen LogP contribution is 2.49. The summed E-state index contributed by atoms with van der Waals surface area (Å²) in [7, 11) is 0. The van der Waals surface area contributed by atoms with Crippen LogP contribution in [0.3, 0.4) is 0 Å². The van der Waals surface area contributed by atoms with Gasteiger partial charge in [-0.05, 0) is 24.5 Å². The van der Waals surface area contributed by atoms with Gasteiger partial charge in [-0.2, -0.15) is 0 Å². The molecule has 1 spiro atoms. The Morgan fingerprint density at radius 3 is 2.69 bits per heavy atom. The van der Waals surface area contributed by atoms with E-state index in [0.717, 1.165) is 13.1 Å². The van der Waals surface area contributed by atoms with Crippen LogP contribution in [0.15, 0.2) is 24.3 Å². The Balaban J connectivity index is 2.01. The maximum atomic E-state index is 5.71. The van der Waals surface area contributed by atoms with Crippen molar-refractivity contribution in [1.82, 2.24) is 0 Å². The molecule has 2 aliphatic rings. The van der Waals surface area contributed by atoms with Gasteiger partial charge in [-0.1, -0.05) is 31.0 Å². The molecular weight excluding hydrogens is 196 g/mol. The molecule has 1 aliphatic carbocycles. The molecule has 86 valence electrons. The van der Waals surface area contributed by atoms with Gasteiger partial charge in [-0.25, -0.2) is 0 Å². The summed E-state index contributed by atoms with van der Waals surface area (Å²) in [4.78, 5) is 2.49. The Labute approximate surface area is 97.4 Å². The summed E-state index contributed by atoms with van der Waals surface area (Å²) in [6, 6.07) is 8.93. The molecule has 0 amide bonds. The Bertz CT molecular complexity index is 380. The topological polar surface area (TPSA) is 29.3 Å². The lowest BCUT2D eigenvalue weighted by atomic mass is 9.81. The minimum atomic E-state index is 0.464. The number of anilines is 1. The van der Waals surface area contributed by atoms with E-state index >= 15 is 0 Å². The third kappa shape index (κ3) is 1.36. The second-order valence-corrected chi connectivity index (χ2v) is 5.21. The minimum absolute atomic E-state index is 0.464. The van der Waals surface area contributed by atoms with Crippen LogP contribution >= 0.6 is 0 Å². The molecule has 3 rings (SSSR count). The molecule has 16 heavy (non-hydrogen) atoms. The summed E-state index contributed by atoms with van der Waals surface area (Å²) in [5.41, 5.74) is 9.20. The summed E-state index contributed by atoms with van der Waals surface area (Å²) >= 11 is 0. The fourth-order valence-corrected chi connectivity index (χ4v) is 3.57. The van der Waals surface area contributed by atoms with E-state index in [-0.39, 0.29) is 0 Å². The molecule has 1 aromatic rings. The van der Waals surface area contributed by atoms with Crippen LogP contribution in [0.5, 0.6) is 0 Å². The van der Waals surface area contributed by atoms with E-state index in [1.807, 2.05) is 0 Å². The maximum Gasteiger partial charge on any atom is 0.0405 e. The van der Waals surface area contributed by atoms with Crippen LogP contribution in [0.25, 0.3) is 0 Å². The number of rotatable bonds is 2. The van der Waals surface area contributed by atoms with Crippen LogP contribution in [-0.2, 0) is 5.41 Å².